The van der Waals surface area contributed by atoms with Crippen LogP contribution in [0, 0.1) is 10.1 Å². The Bertz CT molecular complexity index is 996. The van der Waals surface area contributed by atoms with Crippen LogP contribution in [0.15, 0.2) is 45.7 Å². The van der Waals surface area contributed by atoms with Gasteiger partial charge in [0.15, 0.2) is 5.76 Å². The highest BCUT2D eigenvalue weighted by atomic mass is 32.2. The Morgan fingerprint density at radius 1 is 1.17 bits per heavy atom. The summed E-state index contributed by atoms with van der Waals surface area (Å²) in [4.78, 5) is 24.1. The molecule has 1 aromatic carbocycles. The summed E-state index contributed by atoms with van der Waals surface area (Å²) in [5.74, 6) is -0.569. The molecule has 0 atom stereocenters. The summed E-state index contributed by atoms with van der Waals surface area (Å²) in [7, 11) is -2.05. The highest BCUT2D eigenvalue weighted by Gasteiger charge is 2.28. The summed E-state index contributed by atoms with van der Waals surface area (Å²) >= 11 is 0. The molecule has 0 saturated carbocycles. The van der Waals surface area contributed by atoms with E-state index in [9.17, 15) is 23.3 Å². The van der Waals surface area contributed by atoms with E-state index in [2.05, 4.69) is 5.32 Å². The number of amides is 1. The van der Waals surface area contributed by atoms with Crippen LogP contribution in [0.25, 0.3) is 0 Å². The van der Waals surface area contributed by atoms with Gasteiger partial charge in [-0.25, -0.2) is 8.42 Å². The van der Waals surface area contributed by atoms with Gasteiger partial charge in [0.25, 0.3) is 5.91 Å². The van der Waals surface area contributed by atoms with E-state index < -0.39 is 26.7 Å². The molecule has 11 nitrogen and oxygen atoms in total. The van der Waals surface area contributed by atoms with E-state index in [0.29, 0.717) is 45.0 Å². The summed E-state index contributed by atoms with van der Waals surface area (Å²) < 4.78 is 36.9. The Labute approximate surface area is 173 Å². The molecule has 1 aliphatic rings. The molecule has 1 fully saturated rings. The number of nitrogens with one attached hydrogen (secondary N) is 1. The summed E-state index contributed by atoms with van der Waals surface area (Å²) in [6.45, 7) is 2.55. The lowest BCUT2D eigenvalue weighted by atomic mass is 10.3. The van der Waals surface area contributed by atoms with Crippen LogP contribution in [0.5, 0.6) is 5.75 Å². The summed E-state index contributed by atoms with van der Waals surface area (Å²) in [6, 6.07) is 8.64. The number of carbonyl (C=O) groups excluding carboxylic acids is 1. The van der Waals surface area contributed by atoms with Gasteiger partial charge in [-0.2, -0.15) is 4.31 Å². The van der Waals surface area contributed by atoms with Crippen molar-refractivity contribution in [2.45, 2.75) is 4.90 Å². The Balaban J connectivity index is 1.45. The zero-order valence-corrected chi connectivity index (χ0v) is 17.1. The van der Waals surface area contributed by atoms with Crippen LogP contribution in [-0.4, -0.2) is 74.8 Å². The molecule has 0 radical (unpaired) electrons. The number of hydrogen-bond acceptors (Lipinski definition) is 8. The van der Waals surface area contributed by atoms with Gasteiger partial charge in [0.1, 0.15) is 10.7 Å². The summed E-state index contributed by atoms with van der Waals surface area (Å²) in [5.41, 5.74) is 0. The number of furan rings is 1. The predicted octanol–water partition coefficient (Wildman–Crippen LogP) is 0.933. The maximum Gasteiger partial charge on any atom is 0.433 e. The highest BCUT2D eigenvalue weighted by molar-refractivity contribution is 7.89. The van der Waals surface area contributed by atoms with Crippen molar-refractivity contribution >= 4 is 21.8 Å². The van der Waals surface area contributed by atoms with Crippen molar-refractivity contribution < 1.29 is 27.3 Å². The number of hydrogen-bond donors (Lipinski definition) is 1. The van der Waals surface area contributed by atoms with Gasteiger partial charge in [-0.15, -0.1) is 0 Å². The topological polar surface area (TPSA) is 135 Å². The van der Waals surface area contributed by atoms with Gasteiger partial charge < -0.3 is 14.5 Å². The lowest BCUT2D eigenvalue weighted by Crippen LogP contribution is -2.50. The smallest absolute Gasteiger partial charge is 0.433 e. The normalized spacial score (nSPS) is 15.6. The third kappa shape index (κ3) is 4.96. The molecule has 1 amide bonds. The first-order chi connectivity index (χ1) is 14.3. The Morgan fingerprint density at radius 2 is 1.83 bits per heavy atom. The Hall–Kier alpha value is -2.96. The van der Waals surface area contributed by atoms with Crippen molar-refractivity contribution in [3.8, 4) is 5.75 Å². The molecule has 30 heavy (non-hydrogen) atoms. The maximum atomic E-state index is 12.8. The van der Waals surface area contributed by atoms with Crippen LogP contribution >= 0.6 is 0 Å². The molecule has 2 aromatic rings. The van der Waals surface area contributed by atoms with Gasteiger partial charge in [0, 0.05) is 39.3 Å². The number of piperazine rings is 1. The molecule has 162 valence electrons. The molecule has 0 spiro atoms. The average Bonchev–Trinajstić information content (AvgIpc) is 3.25. The number of carbonyl (C=O) groups is 1. The van der Waals surface area contributed by atoms with E-state index in [1.54, 1.807) is 12.1 Å². The van der Waals surface area contributed by atoms with Crippen LogP contribution in [-0.2, 0) is 10.0 Å². The predicted molar refractivity (Wildman–Crippen MR) is 106 cm³/mol. The van der Waals surface area contributed by atoms with E-state index in [1.165, 1.54) is 29.6 Å². The second kappa shape index (κ2) is 9.24. The minimum atomic E-state index is -3.57. The van der Waals surface area contributed by atoms with E-state index in [1.807, 2.05) is 4.90 Å². The maximum absolute atomic E-state index is 12.8. The van der Waals surface area contributed by atoms with Gasteiger partial charge in [0.05, 0.1) is 18.1 Å². The second-order valence-electron chi connectivity index (χ2n) is 6.57. The van der Waals surface area contributed by atoms with Crippen LogP contribution in [0.2, 0.25) is 0 Å². The minimum Gasteiger partial charge on any atom is -0.497 e. The number of nitro groups is 1. The Kier molecular flexibility index (Phi) is 6.70. The molecule has 1 aliphatic heterocycles. The molecule has 12 heteroatoms. The van der Waals surface area contributed by atoms with Crippen molar-refractivity contribution in [3.05, 3.63) is 52.3 Å². The zero-order valence-electron chi connectivity index (χ0n) is 16.3. The SMILES string of the molecule is COc1ccc(S(=O)(=O)N2CCN(CCNC(=O)c3ccc([N+](=O)[O-])o3)CC2)cc1. The van der Waals surface area contributed by atoms with E-state index >= 15 is 0 Å². The van der Waals surface area contributed by atoms with Crippen molar-refractivity contribution in [1.82, 2.24) is 14.5 Å². The van der Waals surface area contributed by atoms with Gasteiger partial charge in [-0.05, 0) is 30.3 Å². The van der Waals surface area contributed by atoms with E-state index in [4.69, 9.17) is 9.15 Å². The highest BCUT2D eigenvalue weighted by Crippen LogP contribution is 2.20. The number of sulfonamides is 1. The lowest BCUT2D eigenvalue weighted by molar-refractivity contribution is -0.402. The molecule has 2 heterocycles. The molecule has 1 N–H and O–H groups in total. The van der Waals surface area contributed by atoms with E-state index in [0.717, 1.165) is 6.07 Å². The first kappa shape index (κ1) is 21.7. The van der Waals surface area contributed by atoms with Crippen molar-refractivity contribution in [2.24, 2.45) is 0 Å². The van der Waals surface area contributed by atoms with E-state index in [-0.39, 0.29) is 10.7 Å². The first-order valence-corrected chi connectivity index (χ1v) is 10.6. The van der Waals surface area contributed by atoms with Gasteiger partial charge >= 0.3 is 5.88 Å². The van der Waals surface area contributed by atoms with Crippen molar-refractivity contribution in [3.63, 3.8) is 0 Å². The number of nitrogens with zero attached hydrogens (tertiary/aromatic N) is 3. The fourth-order valence-corrected chi connectivity index (χ4v) is 4.47. The number of rotatable bonds is 8. The quantitative estimate of drug-likeness (QED) is 0.475. The third-order valence-corrected chi connectivity index (χ3v) is 6.65. The summed E-state index contributed by atoms with van der Waals surface area (Å²) in [5, 5.41) is 13.2. The molecule has 0 unspecified atom stereocenters. The molecular weight excluding hydrogens is 416 g/mol. The van der Waals surface area contributed by atoms with Gasteiger partial charge in [0.2, 0.25) is 10.0 Å². The standard InChI is InChI=1S/C18H22N4O7S/c1-28-14-2-4-15(5-3-14)30(26,27)21-12-10-20(11-13-21)9-8-19-18(23)16-6-7-17(29-16)22(24)25/h2-7H,8-13H2,1H3,(H,19,23). The Morgan fingerprint density at radius 3 is 2.40 bits per heavy atom. The van der Waals surface area contributed by atoms with Crippen LogP contribution in [0.3, 0.4) is 0 Å². The molecule has 3 rings (SSSR count). The number of methoxy groups -OCH3 is 1. The first-order valence-electron chi connectivity index (χ1n) is 9.20. The van der Waals surface area contributed by atoms with Crippen LogP contribution < -0.4 is 10.1 Å². The van der Waals surface area contributed by atoms with Crippen molar-refractivity contribution in [2.75, 3.05) is 46.4 Å². The number of ether oxygens (including phenoxy) is 1. The fourth-order valence-electron chi connectivity index (χ4n) is 3.05. The molecule has 0 aliphatic carbocycles. The van der Waals surface area contributed by atoms with Crippen LogP contribution in [0.1, 0.15) is 10.6 Å². The molecule has 1 saturated heterocycles. The summed E-state index contributed by atoms with van der Waals surface area (Å²) in [6.07, 6.45) is 0. The molecule has 1 aromatic heterocycles. The molecule has 0 bridgehead atoms. The van der Waals surface area contributed by atoms with Crippen molar-refractivity contribution in [1.29, 1.82) is 0 Å². The zero-order chi connectivity index (χ0) is 21.7. The monoisotopic (exact) mass is 438 g/mol. The fraction of sp³-hybridized carbons (Fsp3) is 0.389. The third-order valence-electron chi connectivity index (χ3n) is 4.74. The van der Waals surface area contributed by atoms with Gasteiger partial charge in [-0.1, -0.05) is 0 Å². The average molecular weight is 438 g/mol. The second-order valence-corrected chi connectivity index (χ2v) is 8.51. The minimum absolute atomic E-state index is 0.128. The molecular formula is C18H22N4O7S. The lowest BCUT2D eigenvalue weighted by Gasteiger charge is -2.33. The van der Waals surface area contributed by atoms with Crippen LogP contribution in [0.4, 0.5) is 5.88 Å². The largest absolute Gasteiger partial charge is 0.497 e. The van der Waals surface area contributed by atoms with Gasteiger partial charge in [-0.3, -0.25) is 19.8 Å². The number of benzene rings is 1.